The Balaban J connectivity index is 2.14. The molecule has 2 heterocycles. The number of carbonyl (C=O) groups excluding carboxylic acids is 1. The molecule has 2 fully saturated rings. The van der Waals surface area contributed by atoms with Gasteiger partial charge >= 0.3 is 0 Å². The van der Waals surface area contributed by atoms with Crippen molar-refractivity contribution >= 4 is 15.9 Å². The largest absolute Gasteiger partial charge is 0.380 e. The van der Waals surface area contributed by atoms with Crippen LogP contribution in [0.4, 0.5) is 0 Å². The van der Waals surface area contributed by atoms with Crippen molar-refractivity contribution in [3.8, 4) is 0 Å². The molecule has 7 heteroatoms. The van der Waals surface area contributed by atoms with Crippen molar-refractivity contribution in [2.45, 2.75) is 52.2 Å². The maximum atomic E-state index is 13.0. The molecule has 0 aromatic carbocycles. The molecule has 2 aliphatic rings. The van der Waals surface area contributed by atoms with Crippen LogP contribution >= 0.6 is 0 Å². The normalized spacial score (nSPS) is 30.7. The van der Waals surface area contributed by atoms with E-state index in [1.807, 2.05) is 4.90 Å². The lowest BCUT2D eigenvalue weighted by molar-refractivity contribution is -0.137. The highest BCUT2D eigenvalue weighted by molar-refractivity contribution is 7.88. The molecule has 0 unspecified atom stereocenters. The van der Waals surface area contributed by atoms with E-state index in [1.165, 1.54) is 10.6 Å². The minimum atomic E-state index is -3.41. The first-order valence-electron chi connectivity index (χ1n) is 8.32. The van der Waals surface area contributed by atoms with E-state index in [0.717, 1.165) is 19.4 Å². The molecule has 0 bridgehead atoms. The van der Waals surface area contributed by atoms with Crippen LogP contribution in [-0.4, -0.2) is 68.7 Å². The van der Waals surface area contributed by atoms with Crippen LogP contribution in [0.5, 0.6) is 0 Å². The number of sulfonamides is 1. The molecular formula is C16H30N2O4S. The number of likely N-dealkylation sites (tertiary alicyclic amines) is 1. The van der Waals surface area contributed by atoms with Crippen molar-refractivity contribution in [3.63, 3.8) is 0 Å². The van der Waals surface area contributed by atoms with Crippen LogP contribution in [-0.2, 0) is 19.6 Å². The summed E-state index contributed by atoms with van der Waals surface area (Å²) >= 11 is 0. The smallest absolute Gasteiger partial charge is 0.241 e. The Kier molecular flexibility index (Phi) is 5.43. The third-order valence-corrected chi connectivity index (χ3v) is 6.48. The summed E-state index contributed by atoms with van der Waals surface area (Å²) in [6.07, 6.45) is 3.50. The maximum Gasteiger partial charge on any atom is 0.241 e. The highest BCUT2D eigenvalue weighted by Gasteiger charge is 2.44. The summed E-state index contributed by atoms with van der Waals surface area (Å²) in [6.45, 7) is 8.30. The molecule has 0 aliphatic carbocycles. The van der Waals surface area contributed by atoms with Gasteiger partial charge in [0.25, 0.3) is 0 Å². The molecule has 2 aliphatic heterocycles. The van der Waals surface area contributed by atoms with Gasteiger partial charge in [-0.05, 0) is 24.2 Å². The number of nitrogens with zero attached hydrogens (tertiary/aromatic N) is 2. The Morgan fingerprint density at radius 3 is 2.39 bits per heavy atom. The van der Waals surface area contributed by atoms with Crippen molar-refractivity contribution in [1.29, 1.82) is 0 Å². The second-order valence-electron chi connectivity index (χ2n) is 7.93. The molecular weight excluding hydrogens is 316 g/mol. The number of rotatable bonds is 3. The summed E-state index contributed by atoms with van der Waals surface area (Å²) < 4.78 is 30.6. The lowest BCUT2D eigenvalue weighted by Gasteiger charge is -2.41. The number of ether oxygens (including phenoxy) is 1. The van der Waals surface area contributed by atoms with E-state index in [0.29, 0.717) is 18.9 Å². The maximum absolute atomic E-state index is 13.0. The van der Waals surface area contributed by atoms with Gasteiger partial charge in [-0.25, -0.2) is 8.42 Å². The predicted molar refractivity (Wildman–Crippen MR) is 89.5 cm³/mol. The fourth-order valence-electron chi connectivity index (χ4n) is 3.63. The van der Waals surface area contributed by atoms with Crippen LogP contribution < -0.4 is 0 Å². The predicted octanol–water partition coefficient (Wildman–Crippen LogP) is 1.32. The second-order valence-corrected chi connectivity index (χ2v) is 9.87. The van der Waals surface area contributed by atoms with Gasteiger partial charge in [-0.2, -0.15) is 4.31 Å². The van der Waals surface area contributed by atoms with Gasteiger partial charge in [-0.1, -0.05) is 20.8 Å². The first-order valence-corrected chi connectivity index (χ1v) is 10.2. The van der Waals surface area contributed by atoms with E-state index in [9.17, 15) is 13.2 Å². The molecule has 2 rings (SSSR count). The third kappa shape index (κ3) is 4.25. The topological polar surface area (TPSA) is 66.9 Å². The average molecular weight is 346 g/mol. The lowest BCUT2D eigenvalue weighted by atomic mass is 9.76. The molecule has 0 spiro atoms. The van der Waals surface area contributed by atoms with E-state index in [1.54, 1.807) is 7.11 Å². The summed E-state index contributed by atoms with van der Waals surface area (Å²) in [6, 6.07) is -0.617. The summed E-state index contributed by atoms with van der Waals surface area (Å²) in [5.41, 5.74) is 0.153. The van der Waals surface area contributed by atoms with Crippen LogP contribution in [0.15, 0.2) is 0 Å². The van der Waals surface area contributed by atoms with Crippen LogP contribution in [0.1, 0.15) is 40.0 Å². The molecule has 0 saturated carbocycles. The van der Waals surface area contributed by atoms with Crippen LogP contribution in [0.2, 0.25) is 0 Å². The molecule has 23 heavy (non-hydrogen) atoms. The zero-order valence-corrected chi connectivity index (χ0v) is 15.7. The van der Waals surface area contributed by atoms with Gasteiger partial charge in [0.05, 0.1) is 12.4 Å². The van der Waals surface area contributed by atoms with Gasteiger partial charge in [-0.15, -0.1) is 0 Å². The van der Waals surface area contributed by atoms with Crippen molar-refractivity contribution in [1.82, 2.24) is 9.21 Å². The van der Waals surface area contributed by atoms with Gasteiger partial charge in [-0.3, -0.25) is 4.79 Å². The van der Waals surface area contributed by atoms with Crippen LogP contribution in [0, 0.1) is 11.3 Å². The van der Waals surface area contributed by atoms with Crippen molar-refractivity contribution < 1.29 is 17.9 Å². The molecule has 0 N–H and O–H groups in total. The third-order valence-electron chi connectivity index (χ3n) is 5.22. The van der Waals surface area contributed by atoms with E-state index in [2.05, 4.69) is 20.8 Å². The zero-order chi connectivity index (χ0) is 17.4. The standard InChI is InChI=1S/C16H30N2O4S/c1-16(2,3)12-7-6-8-17(10-12)15(19)14-9-13(22-4)11-18(14)23(5,20)21/h12-14H,6-11H2,1-5H3/t12-,13+,14-/m1/s1. The second kappa shape index (κ2) is 6.69. The lowest BCUT2D eigenvalue weighted by Crippen LogP contribution is -2.51. The van der Waals surface area contributed by atoms with E-state index in [-0.39, 0.29) is 24.0 Å². The Morgan fingerprint density at radius 1 is 1.22 bits per heavy atom. The molecule has 0 aromatic rings. The minimum absolute atomic E-state index is 0.0658. The van der Waals surface area contributed by atoms with Crippen molar-refractivity contribution in [2.24, 2.45) is 11.3 Å². The monoisotopic (exact) mass is 346 g/mol. The van der Waals surface area contributed by atoms with Crippen LogP contribution in [0.3, 0.4) is 0 Å². The Hall–Kier alpha value is -0.660. The summed E-state index contributed by atoms with van der Waals surface area (Å²) in [4.78, 5) is 14.8. The fourth-order valence-corrected chi connectivity index (χ4v) is 4.70. The molecule has 2 saturated heterocycles. The fraction of sp³-hybridized carbons (Fsp3) is 0.938. The highest BCUT2D eigenvalue weighted by Crippen LogP contribution is 2.34. The van der Waals surface area contributed by atoms with Gasteiger partial charge in [0.1, 0.15) is 6.04 Å². The zero-order valence-electron chi connectivity index (χ0n) is 14.9. The number of amides is 1. The number of piperidine rings is 1. The summed E-state index contributed by atoms with van der Waals surface area (Å²) in [5.74, 6) is 0.385. The molecule has 134 valence electrons. The molecule has 0 aromatic heterocycles. The number of hydrogen-bond acceptors (Lipinski definition) is 4. The quantitative estimate of drug-likeness (QED) is 0.773. The Bertz CT molecular complexity index is 541. The first kappa shape index (κ1) is 18.7. The minimum Gasteiger partial charge on any atom is -0.380 e. The van der Waals surface area contributed by atoms with Crippen molar-refractivity contribution in [3.05, 3.63) is 0 Å². The molecule has 1 amide bonds. The van der Waals surface area contributed by atoms with E-state index in [4.69, 9.17) is 4.74 Å². The SMILES string of the molecule is CO[C@H]1C[C@H](C(=O)N2CCC[C@@H](C(C)(C)C)C2)N(S(C)(=O)=O)C1. The van der Waals surface area contributed by atoms with E-state index >= 15 is 0 Å². The number of methoxy groups -OCH3 is 1. The molecule has 6 nitrogen and oxygen atoms in total. The summed E-state index contributed by atoms with van der Waals surface area (Å²) in [7, 11) is -1.85. The Morgan fingerprint density at radius 2 is 1.87 bits per heavy atom. The van der Waals surface area contributed by atoms with Gasteiger partial charge in [0.2, 0.25) is 15.9 Å². The Labute approximate surface area is 140 Å². The van der Waals surface area contributed by atoms with Gasteiger partial charge in [0.15, 0.2) is 0 Å². The molecule has 0 radical (unpaired) electrons. The average Bonchev–Trinajstić information content (AvgIpc) is 2.90. The van der Waals surface area contributed by atoms with Gasteiger partial charge in [0, 0.05) is 33.2 Å². The van der Waals surface area contributed by atoms with Crippen LogP contribution in [0.25, 0.3) is 0 Å². The highest BCUT2D eigenvalue weighted by atomic mass is 32.2. The molecule has 3 atom stereocenters. The van der Waals surface area contributed by atoms with E-state index < -0.39 is 16.1 Å². The van der Waals surface area contributed by atoms with Gasteiger partial charge < -0.3 is 9.64 Å². The number of carbonyl (C=O) groups is 1. The number of hydrogen-bond donors (Lipinski definition) is 0. The van der Waals surface area contributed by atoms with Crippen molar-refractivity contribution in [2.75, 3.05) is 33.0 Å². The summed E-state index contributed by atoms with van der Waals surface area (Å²) in [5, 5.41) is 0. The first-order chi connectivity index (χ1) is 10.5.